The Hall–Kier alpha value is -5.27. The van der Waals surface area contributed by atoms with Gasteiger partial charge in [0.15, 0.2) is 18.1 Å². The Morgan fingerprint density at radius 2 is 1.57 bits per heavy atom. The number of rotatable bonds is 15. The number of amides is 2. The van der Waals surface area contributed by atoms with Crippen LogP contribution >= 0.6 is 0 Å². The van der Waals surface area contributed by atoms with Crippen molar-refractivity contribution in [2.45, 2.75) is 11.3 Å². The molecule has 0 atom stereocenters. The van der Waals surface area contributed by atoms with E-state index in [1.165, 1.54) is 62.9 Å². The number of sulfonamides is 1. The summed E-state index contributed by atoms with van der Waals surface area (Å²) >= 11 is 0. The summed E-state index contributed by atoms with van der Waals surface area (Å²) in [6.45, 7) is -0.692. The van der Waals surface area contributed by atoms with E-state index in [0.29, 0.717) is 29.2 Å². The second-order valence-corrected chi connectivity index (χ2v) is 11.7. The third-order valence-electron chi connectivity index (χ3n) is 6.59. The topological polar surface area (TPSA) is 136 Å². The van der Waals surface area contributed by atoms with Crippen molar-refractivity contribution in [2.75, 3.05) is 39.2 Å². The van der Waals surface area contributed by atoms with Crippen LogP contribution in [0.3, 0.4) is 0 Å². The molecule has 4 aromatic carbocycles. The van der Waals surface area contributed by atoms with Crippen LogP contribution in [0.25, 0.3) is 0 Å². The van der Waals surface area contributed by atoms with Gasteiger partial charge in [-0.15, -0.1) is 0 Å². The third kappa shape index (κ3) is 9.61. The fourth-order valence-electron chi connectivity index (χ4n) is 4.21. The van der Waals surface area contributed by atoms with Crippen molar-refractivity contribution >= 4 is 33.7 Å². The number of methoxy groups -OCH3 is 2. The number of hydrogen-bond acceptors (Lipinski definition) is 8. The summed E-state index contributed by atoms with van der Waals surface area (Å²) in [5.74, 6) is -0.421. The highest BCUT2D eigenvalue weighted by molar-refractivity contribution is 7.89. The van der Waals surface area contributed by atoms with Gasteiger partial charge in [-0.1, -0.05) is 30.3 Å². The van der Waals surface area contributed by atoms with Crippen LogP contribution < -0.4 is 25.0 Å². The second kappa shape index (κ2) is 16.2. The molecule has 240 valence electrons. The maximum Gasteiger partial charge on any atom is 0.262 e. The maximum absolute atomic E-state index is 13.6. The van der Waals surface area contributed by atoms with Gasteiger partial charge < -0.3 is 19.5 Å². The molecule has 0 saturated heterocycles. The molecule has 2 amide bonds. The predicted molar refractivity (Wildman–Crippen MR) is 171 cm³/mol. The van der Waals surface area contributed by atoms with Crippen molar-refractivity contribution in [3.8, 4) is 17.2 Å². The minimum atomic E-state index is -4.11. The molecule has 4 rings (SSSR count). The zero-order chi connectivity index (χ0) is 32.9. The summed E-state index contributed by atoms with van der Waals surface area (Å²) in [5, 5.41) is 6.56. The molecule has 0 aliphatic carbocycles. The summed E-state index contributed by atoms with van der Waals surface area (Å²) in [7, 11) is -1.25. The lowest BCUT2D eigenvalue weighted by atomic mass is 10.1. The Morgan fingerprint density at radius 3 is 2.24 bits per heavy atom. The molecule has 0 aromatic heterocycles. The lowest BCUT2D eigenvalue weighted by Gasteiger charge is -2.22. The average molecular weight is 649 g/mol. The number of hydrogen-bond donors (Lipinski definition) is 2. The number of carbonyl (C=O) groups excluding carboxylic acids is 2. The Morgan fingerprint density at radius 1 is 0.870 bits per heavy atom. The van der Waals surface area contributed by atoms with Crippen molar-refractivity contribution in [3.05, 3.63) is 114 Å². The number of hydrazone groups is 1. The first-order valence-electron chi connectivity index (χ1n) is 14.0. The fraction of sp³-hybridized carbons (Fsp3) is 0.182. The summed E-state index contributed by atoms with van der Waals surface area (Å²) in [4.78, 5) is 24.9. The molecule has 0 bridgehead atoms. The van der Waals surface area contributed by atoms with Gasteiger partial charge in [0.1, 0.15) is 11.6 Å². The van der Waals surface area contributed by atoms with Gasteiger partial charge in [0.05, 0.1) is 31.9 Å². The fourth-order valence-corrected chi connectivity index (χ4v) is 5.63. The predicted octanol–water partition coefficient (Wildman–Crippen LogP) is 4.24. The first kappa shape index (κ1) is 33.6. The van der Waals surface area contributed by atoms with Gasteiger partial charge in [-0.3, -0.25) is 9.59 Å². The van der Waals surface area contributed by atoms with Crippen LogP contribution in [-0.4, -0.2) is 64.7 Å². The molecule has 0 radical (unpaired) electrons. The molecule has 0 aliphatic heterocycles. The van der Waals surface area contributed by atoms with Gasteiger partial charge in [-0.05, 0) is 78.2 Å². The number of nitrogens with zero attached hydrogens (tertiary/aromatic N) is 2. The van der Waals surface area contributed by atoms with Crippen LogP contribution in [-0.2, 0) is 26.0 Å². The van der Waals surface area contributed by atoms with Crippen LogP contribution in [0.15, 0.2) is 107 Å². The van der Waals surface area contributed by atoms with E-state index < -0.39 is 34.2 Å². The Bertz CT molecular complexity index is 1750. The summed E-state index contributed by atoms with van der Waals surface area (Å²) in [6, 6.07) is 25.5. The van der Waals surface area contributed by atoms with Gasteiger partial charge in [0.2, 0.25) is 10.0 Å². The third-order valence-corrected chi connectivity index (χ3v) is 8.43. The van der Waals surface area contributed by atoms with Gasteiger partial charge in [-0.25, -0.2) is 18.2 Å². The Kier molecular flexibility index (Phi) is 11.8. The SMILES string of the molecule is COc1ccc(S(=O)(=O)N(CCc2ccccc2)CC(=O)N/N=C/c2ccc(OCC(=O)Nc3ccc(F)cc3)cc2)cc1OC. The molecule has 2 N–H and O–H groups in total. The lowest BCUT2D eigenvalue weighted by Crippen LogP contribution is -2.40. The standard InChI is InChI=1S/C33H33FN4O7S/c1-43-30-17-16-29(20-31(30)44-2)46(41,42)38(19-18-24-6-4-3-5-7-24)22-32(39)37-35-21-25-8-14-28(15-9-25)45-23-33(40)36-27-12-10-26(34)11-13-27/h3-17,20-21H,18-19,22-23H2,1-2H3,(H,36,40)(H,37,39)/b35-21+. The van der Waals surface area contributed by atoms with E-state index in [0.717, 1.165) is 9.87 Å². The van der Waals surface area contributed by atoms with Crippen LogP contribution in [0.4, 0.5) is 10.1 Å². The van der Waals surface area contributed by atoms with Crippen molar-refractivity contribution < 1.29 is 36.6 Å². The molecular formula is C33H33FN4O7S. The number of benzene rings is 4. The molecule has 4 aromatic rings. The van der Waals surface area contributed by atoms with Crippen LogP contribution in [0.5, 0.6) is 17.2 Å². The lowest BCUT2D eigenvalue weighted by molar-refractivity contribution is -0.121. The highest BCUT2D eigenvalue weighted by atomic mass is 32.2. The molecule has 0 heterocycles. The van der Waals surface area contributed by atoms with Crippen LogP contribution in [0, 0.1) is 5.82 Å². The van der Waals surface area contributed by atoms with Crippen molar-refractivity contribution in [2.24, 2.45) is 5.10 Å². The number of nitrogens with one attached hydrogen (secondary N) is 2. The minimum absolute atomic E-state index is 0.0429. The van der Waals surface area contributed by atoms with Gasteiger partial charge in [0.25, 0.3) is 11.8 Å². The van der Waals surface area contributed by atoms with Gasteiger partial charge in [-0.2, -0.15) is 9.41 Å². The van der Waals surface area contributed by atoms with E-state index in [4.69, 9.17) is 14.2 Å². The molecule has 13 heteroatoms. The Balaban J connectivity index is 1.35. The molecule has 0 spiro atoms. The van der Waals surface area contributed by atoms with Crippen molar-refractivity contribution in [1.29, 1.82) is 0 Å². The largest absolute Gasteiger partial charge is 0.493 e. The van der Waals surface area contributed by atoms with E-state index in [1.54, 1.807) is 24.3 Å². The zero-order valence-corrected chi connectivity index (χ0v) is 26.0. The number of carbonyl (C=O) groups is 2. The number of anilines is 1. The quantitative estimate of drug-likeness (QED) is 0.145. The highest BCUT2D eigenvalue weighted by Gasteiger charge is 2.27. The summed E-state index contributed by atoms with van der Waals surface area (Å²) in [6.07, 6.45) is 1.77. The summed E-state index contributed by atoms with van der Waals surface area (Å²) in [5.41, 5.74) is 4.35. The number of ether oxygens (including phenoxy) is 3. The van der Waals surface area contributed by atoms with E-state index in [-0.39, 0.29) is 23.8 Å². The molecule has 0 fully saturated rings. The highest BCUT2D eigenvalue weighted by Crippen LogP contribution is 2.30. The van der Waals surface area contributed by atoms with Crippen LogP contribution in [0.2, 0.25) is 0 Å². The average Bonchev–Trinajstić information content (AvgIpc) is 3.07. The number of halogens is 1. The molecule has 0 saturated carbocycles. The zero-order valence-electron chi connectivity index (χ0n) is 25.2. The van der Waals surface area contributed by atoms with Gasteiger partial charge >= 0.3 is 0 Å². The first-order chi connectivity index (χ1) is 22.2. The monoisotopic (exact) mass is 648 g/mol. The smallest absolute Gasteiger partial charge is 0.262 e. The normalized spacial score (nSPS) is 11.3. The van der Waals surface area contributed by atoms with Gasteiger partial charge in [0, 0.05) is 18.3 Å². The first-order valence-corrected chi connectivity index (χ1v) is 15.5. The summed E-state index contributed by atoms with van der Waals surface area (Å²) < 4.78 is 57.4. The van der Waals surface area contributed by atoms with Crippen molar-refractivity contribution in [1.82, 2.24) is 9.73 Å². The van der Waals surface area contributed by atoms with E-state index in [1.807, 2.05) is 30.3 Å². The second-order valence-electron chi connectivity index (χ2n) is 9.80. The van der Waals surface area contributed by atoms with E-state index in [2.05, 4.69) is 15.8 Å². The van der Waals surface area contributed by atoms with E-state index >= 15 is 0 Å². The Labute approximate surface area is 266 Å². The van der Waals surface area contributed by atoms with Crippen molar-refractivity contribution in [3.63, 3.8) is 0 Å². The van der Waals surface area contributed by atoms with Crippen LogP contribution in [0.1, 0.15) is 11.1 Å². The maximum atomic E-state index is 13.6. The molecular weight excluding hydrogens is 615 g/mol. The molecule has 0 aliphatic rings. The molecule has 0 unspecified atom stereocenters. The molecule has 11 nitrogen and oxygen atoms in total. The minimum Gasteiger partial charge on any atom is -0.493 e. The van der Waals surface area contributed by atoms with E-state index in [9.17, 15) is 22.4 Å². The molecule has 46 heavy (non-hydrogen) atoms.